The summed E-state index contributed by atoms with van der Waals surface area (Å²) in [5.41, 5.74) is -3.87. The number of carbonyl (C=O) groups is 1. The van der Waals surface area contributed by atoms with Crippen molar-refractivity contribution in [1.29, 1.82) is 0 Å². The molecule has 1 aromatic heterocycles. The van der Waals surface area contributed by atoms with Gasteiger partial charge in [0.25, 0.3) is 5.60 Å². The summed E-state index contributed by atoms with van der Waals surface area (Å²) < 4.78 is 62.3. The minimum Gasteiger partial charge on any atom is -0.415 e. The van der Waals surface area contributed by atoms with E-state index in [1.54, 1.807) is 12.3 Å². The Hall–Kier alpha value is -3.02. The fourth-order valence-corrected chi connectivity index (χ4v) is 2.84. The third-order valence-corrected chi connectivity index (χ3v) is 4.37. The SMILES string of the molecule is O=C1Nc2cc(Cn3cccn3)c(F)cc2[C@](C#CC2CC2)(C(F)(F)F)O1. The molecule has 2 heterocycles. The van der Waals surface area contributed by atoms with E-state index >= 15 is 0 Å². The van der Waals surface area contributed by atoms with Gasteiger partial charge in [0.15, 0.2) is 0 Å². The van der Waals surface area contributed by atoms with Crippen LogP contribution < -0.4 is 5.32 Å². The van der Waals surface area contributed by atoms with Gasteiger partial charge in [0.1, 0.15) is 5.82 Å². The Morgan fingerprint density at radius 1 is 1.37 bits per heavy atom. The van der Waals surface area contributed by atoms with Crippen LogP contribution in [0.5, 0.6) is 0 Å². The largest absolute Gasteiger partial charge is 0.445 e. The van der Waals surface area contributed by atoms with Crippen LogP contribution in [0.1, 0.15) is 24.0 Å². The molecule has 1 amide bonds. The van der Waals surface area contributed by atoms with Crippen molar-refractivity contribution in [1.82, 2.24) is 9.78 Å². The van der Waals surface area contributed by atoms with Crippen LogP contribution in [0, 0.1) is 23.6 Å². The van der Waals surface area contributed by atoms with Crippen LogP contribution in [0.2, 0.25) is 0 Å². The van der Waals surface area contributed by atoms with E-state index in [1.165, 1.54) is 10.9 Å². The van der Waals surface area contributed by atoms with Crippen molar-refractivity contribution in [2.24, 2.45) is 5.92 Å². The molecule has 27 heavy (non-hydrogen) atoms. The molecule has 1 aliphatic carbocycles. The number of cyclic esters (lactones) is 1. The van der Waals surface area contributed by atoms with Crippen LogP contribution in [0.3, 0.4) is 0 Å². The Labute approximate surface area is 151 Å². The average Bonchev–Trinajstić information content (AvgIpc) is 3.28. The molecule has 140 valence electrons. The Morgan fingerprint density at radius 2 is 2.15 bits per heavy atom. The van der Waals surface area contributed by atoms with Crippen LogP contribution in [0.25, 0.3) is 0 Å². The van der Waals surface area contributed by atoms with Crippen molar-refractivity contribution in [3.8, 4) is 11.8 Å². The first kappa shape index (κ1) is 17.4. The minimum absolute atomic E-state index is 0.00435. The van der Waals surface area contributed by atoms with E-state index in [4.69, 9.17) is 0 Å². The van der Waals surface area contributed by atoms with Crippen LogP contribution >= 0.6 is 0 Å². The van der Waals surface area contributed by atoms with Crippen LogP contribution in [-0.2, 0) is 16.9 Å². The van der Waals surface area contributed by atoms with Crippen molar-refractivity contribution in [2.45, 2.75) is 31.2 Å². The number of hydrogen-bond donors (Lipinski definition) is 1. The Kier molecular flexibility index (Phi) is 3.87. The molecular formula is C18H13F4N3O2. The standard InChI is InChI=1S/C18H13F4N3O2/c19-14-9-13-15(8-12(14)10-25-7-1-6-23-25)24-16(26)27-17(13,18(20,21)22)5-4-11-2-3-11/h1,6-9,11H,2-3,10H2,(H,24,26)/t17-/m1/s1. The molecule has 0 radical (unpaired) electrons. The molecule has 2 aliphatic rings. The number of fused-ring (bicyclic) bond motifs is 1. The van der Waals surface area contributed by atoms with E-state index in [0.29, 0.717) is 12.8 Å². The molecule has 0 saturated heterocycles. The van der Waals surface area contributed by atoms with Crippen LogP contribution in [0.15, 0.2) is 30.6 Å². The highest BCUT2D eigenvalue weighted by atomic mass is 19.4. The van der Waals surface area contributed by atoms with Gasteiger partial charge in [-0.2, -0.15) is 18.3 Å². The molecule has 1 N–H and O–H groups in total. The molecule has 4 rings (SSSR count). The first-order valence-corrected chi connectivity index (χ1v) is 8.18. The lowest BCUT2D eigenvalue weighted by atomic mass is 9.89. The van der Waals surface area contributed by atoms with Gasteiger partial charge in [0.2, 0.25) is 0 Å². The van der Waals surface area contributed by atoms with Gasteiger partial charge >= 0.3 is 12.3 Å². The highest BCUT2D eigenvalue weighted by Gasteiger charge is 2.62. The van der Waals surface area contributed by atoms with Gasteiger partial charge in [-0.15, -0.1) is 0 Å². The summed E-state index contributed by atoms with van der Waals surface area (Å²) in [5, 5.41) is 6.15. The number of nitrogens with one attached hydrogen (secondary N) is 1. The maximum atomic E-state index is 14.6. The highest BCUT2D eigenvalue weighted by Crippen LogP contribution is 2.48. The summed E-state index contributed by atoms with van der Waals surface area (Å²) in [5.74, 6) is 3.54. The van der Waals surface area contributed by atoms with Gasteiger partial charge in [0.05, 0.1) is 12.2 Å². The number of nitrogens with zero attached hydrogens (tertiary/aromatic N) is 2. The number of ether oxygens (including phenoxy) is 1. The van der Waals surface area contributed by atoms with Gasteiger partial charge in [-0.05, 0) is 37.0 Å². The second-order valence-electron chi connectivity index (χ2n) is 6.43. The van der Waals surface area contributed by atoms with Crippen LogP contribution in [0.4, 0.5) is 28.0 Å². The molecule has 1 saturated carbocycles. The number of anilines is 1. The summed E-state index contributed by atoms with van der Waals surface area (Å²) in [6.07, 6.45) is -1.86. The molecule has 0 unspecified atom stereocenters. The predicted octanol–water partition coefficient (Wildman–Crippen LogP) is 3.80. The average molecular weight is 379 g/mol. The monoisotopic (exact) mass is 379 g/mol. The zero-order valence-corrected chi connectivity index (χ0v) is 13.8. The fourth-order valence-electron chi connectivity index (χ4n) is 2.84. The molecular weight excluding hydrogens is 366 g/mol. The number of rotatable bonds is 2. The van der Waals surface area contributed by atoms with Crippen molar-refractivity contribution < 1.29 is 27.1 Å². The summed E-state index contributed by atoms with van der Waals surface area (Å²) in [4.78, 5) is 11.8. The van der Waals surface area contributed by atoms with Gasteiger partial charge in [-0.1, -0.05) is 5.92 Å². The molecule has 1 aromatic carbocycles. The van der Waals surface area contributed by atoms with Crippen LogP contribution in [-0.4, -0.2) is 22.1 Å². The number of halogens is 4. The fraction of sp³-hybridized carbons (Fsp3) is 0.333. The second-order valence-corrected chi connectivity index (χ2v) is 6.43. The maximum absolute atomic E-state index is 14.6. The Bertz CT molecular complexity index is 955. The number of aromatic nitrogens is 2. The van der Waals surface area contributed by atoms with Gasteiger partial charge in [-0.3, -0.25) is 10.00 Å². The molecule has 9 heteroatoms. The maximum Gasteiger partial charge on any atom is 0.445 e. The summed E-state index contributed by atoms with van der Waals surface area (Å²) in [7, 11) is 0. The smallest absolute Gasteiger partial charge is 0.415 e. The van der Waals surface area contributed by atoms with Gasteiger partial charge in [-0.25, -0.2) is 9.18 Å². The zero-order valence-electron chi connectivity index (χ0n) is 13.8. The lowest BCUT2D eigenvalue weighted by molar-refractivity contribution is -0.239. The predicted molar refractivity (Wildman–Crippen MR) is 86.1 cm³/mol. The first-order valence-electron chi connectivity index (χ1n) is 8.18. The third-order valence-electron chi connectivity index (χ3n) is 4.37. The minimum atomic E-state index is -5.03. The number of carbonyl (C=O) groups excluding carboxylic acids is 1. The van der Waals surface area contributed by atoms with Crippen molar-refractivity contribution >= 4 is 11.8 Å². The van der Waals surface area contributed by atoms with E-state index < -0.39 is 29.3 Å². The highest BCUT2D eigenvalue weighted by molar-refractivity contribution is 5.90. The van der Waals surface area contributed by atoms with E-state index in [2.05, 4.69) is 27.0 Å². The Morgan fingerprint density at radius 3 is 2.78 bits per heavy atom. The lowest BCUT2D eigenvalue weighted by Crippen LogP contribution is -2.49. The van der Waals surface area contributed by atoms with Crippen molar-refractivity contribution in [3.05, 3.63) is 47.5 Å². The summed E-state index contributed by atoms with van der Waals surface area (Å²) in [6, 6.07) is 3.52. The van der Waals surface area contributed by atoms with Crippen molar-refractivity contribution in [3.63, 3.8) is 0 Å². The molecule has 1 fully saturated rings. The molecule has 0 bridgehead atoms. The van der Waals surface area contributed by atoms with E-state index in [1.807, 2.05) is 0 Å². The zero-order chi connectivity index (χ0) is 19.2. The number of benzene rings is 1. The number of amides is 1. The van der Waals surface area contributed by atoms with E-state index in [-0.39, 0.29) is 23.7 Å². The Balaban J connectivity index is 1.84. The van der Waals surface area contributed by atoms with Crippen molar-refractivity contribution in [2.75, 3.05) is 5.32 Å². The van der Waals surface area contributed by atoms with Gasteiger partial charge < -0.3 is 4.74 Å². The summed E-state index contributed by atoms with van der Waals surface area (Å²) in [6.45, 7) is -0.00435. The topological polar surface area (TPSA) is 56.2 Å². The number of hydrogen-bond acceptors (Lipinski definition) is 3. The molecule has 0 spiro atoms. The van der Waals surface area contributed by atoms with Gasteiger partial charge in [0, 0.05) is 29.4 Å². The normalized spacial score (nSPS) is 21.6. The molecule has 1 aliphatic heterocycles. The summed E-state index contributed by atoms with van der Waals surface area (Å²) >= 11 is 0. The number of alkyl halides is 3. The van der Waals surface area contributed by atoms with E-state index in [0.717, 1.165) is 12.1 Å². The molecule has 1 atom stereocenters. The lowest BCUT2D eigenvalue weighted by Gasteiger charge is -2.36. The molecule has 2 aromatic rings. The quantitative estimate of drug-likeness (QED) is 0.638. The van der Waals surface area contributed by atoms with E-state index in [9.17, 15) is 22.4 Å². The molecule has 5 nitrogen and oxygen atoms in total. The third kappa shape index (κ3) is 3.12. The first-order chi connectivity index (χ1) is 12.8. The second kappa shape index (κ2) is 6.01.